The van der Waals surface area contributed by atoms with Gasteiger partial charge < -0.3 is 4.42 Å². The molecule has 0 bridgehead atoms. The summed E-state index contributed by atoms with van der Waals surface area (Å²) in [6.45, 7) is 5.37. The van der Waals surface area contributed by atoms with Gasteiger partial charge in [0.15, 0.2) is 11.5 Å². The lowest BCUT2D eigenvalue weighted by molar-refractivity contribution is 0.0947. The number of carbonyl (C=O) groups is 1. The van der Waals surface area contributed by atoms with Crippen LogP contribution in [0.3, 0.4) is 0 Å². The minimum atomic E-state index is -4.32. The molecule has 0 amide bonds. The van der Waals surface area contributed by atoms with Gasteiger partial charge in [-0.2, -0.15) is 8.42 Å². The van der Waals surface area contributed by atoms with Crippen LogP contribution in [0, 0.1) is 12.8 Å². The molecule has 0 aromatic carbocycles. The molecule has 0 radical (unpaired) electrons. The van der Waals surface area contributed by atoms with E-state index in [1.165, 1.54) is 6.92 Å². The van der Waals surface area contributed by atoms with Crippen LogP contribution in [0.15, 0.2) is 15.4 Å². The molecule has 1 rings (SSSR count). The van der Waals surface area contributed by atoms with Crippen LogP contribution in [0.5, 0.6) is 0 Å². The van der Waals surface area contributed by atoms with E-state index in [1.807, 2.05) is 13.8 Å². The molecule has 0 saturated heterocycles. The fourth-order valence-electron chi connectivity index (χ4n) is 1.40. The highest BCUT2D eigenvalue weighted by Crippen LogP contribution is 2.21. The topological polar surface area (TPSA) is 84.6 Å². The fourth-order valence-corrected chi connectivity index (χ4v) is 2.06. The number of aryl methyl sites for hydroxylation is 1. The second-order valence-electron chi connectivity index (χ2n) is 4.36. The van der Waals surface area contributed by atoms with Gasteiger partial charge in [0.05, 0.1) is 0 Å². The lowest BCUT2D eigenvalue weighted by atomic mass is 10.1. The molecule has 0 unspecified atom stereocenters. The molecule has 0 fully saturated rings. The Labute approximate surface area is 101 Å². The largest absolute Gasteiger partial charge is 0.457 e. The van der Waals surface area contributed by atoms with E-state index in [0.717, 1.165) is 6.07 Å². The molecule has 0 aliphatic carbocycles. The van der Waals surface area contributed by atoms with Crippen molar-refractivity contribution in [3.8, 4) is 0 Å². The molecule has 0 spiro atoms. The zero-order valence-corrected chi connectivity index (χ0v) is 10.9. The van der Waals surface area contributed by atoms with Gasteiger partial charge in [-0.3, -0.25) is 9.35 Å². The number of hydrogen-bond acceptors (Lipinski definition) is 4. The van der Waals surface area contributed by atoms with Crippen LogP contribution < -0.4 is 0 Å². The Kier molecular flexibility index (Phi) is 4.11. The van der Waals surface area contributed by atoms with Crippen molar-refractivity contribution in [1.29, 1.82) is 0 Å². The van der Waals surface area contributed by atoms with Gasteiger partial charge in [-0.05, 0) is 19.3 Å². The van der Waals surface area contributed by atoms with Gasteiger partial charge in [0.2, 0.25) is 0 Å². The molecule has 0 aliphatic rings. The maximum atomic E-state index is 11.7. The summed E-state index contributed by atoms with van der Waals surface area (Å²) < 4.78 is 35.8. The van der Waals surface area contributed by atoms with Crippen LogP contribution in [0.25, 0.3) is 0 Å². The van der Waals surface area contributed by atoms with E-state index in [-0.39, 0.29) is 22.2 Å². The second kappa shape index (κ2) is 5.01. The minimum absolute atomic E-state index is 0.0178. The Morgan fingerprint density at radius 3 is 2.47 bits per heavy atom. The van der Waals surface area contributed by atoms with Crippen molar-refractivity contribution >= 4 is 15.9 Å². The van der Waals surface area contributed by atoms with Gasteiger partial charge in [0.1, 0.15) is 10.7 Å². The predicted octanol–water partition coefficient (Wildman–Crippen LogP) is 2.45. The predicted molar refractivity (Wildman–Crippen MR) is 61.7 cm³/mol. The van der Waals surface area contributed by atoms with Gasteiger partial charge in [-0.1, -0.05) is 13.8 Å². The van der Waals surface area contributed by atoms with Crippen molar-refractivity contribution in [2.24, 2.45) is 5.92 Å². The third-order valence-corrected chi connectivity index (χ3v) is 3.33. The van der Waals surface area contributed by atoms with Crippen molar-refractivity contribution in [1.82, 2.24) is 0 Å². The highest BCUT2D eigenvalue weighted by atomic mass is 32.2. The summed E-state index contributed by atoms with van der Waals surface area (Å²) >= 11 is 0. The molecule has 1 aromatic rings. The number of hydrogen-bond donors (Lipinski definition) is 1. The summed E-state index contributed by atoms with van der Waals surface area (Å²) in [4.78, 5) is 11.3. The van der Waals surface area contributed by atoms with Crippen molar-refractivity contribution < 1.29 is 22.2 Å². The number of ketones is 1. The van der Waals surface area contributed by atoms with E-state index in [9.17, 15) is 13.2 Å². The lowest BCUT2D eigenvalue weighted by Crippen LogP contribution is -2.00. The normalized spacial score (nSPS) is 12.1. The van der Waals surface area contributed by atoms with Crippen molar-refractivity contribution in [2.45, 2.75) is 38.5 Å². The minimum Gasteiger partial charge on any atom is -0.457 e. The van der Waals surface area contributed by atoms with Crippen LogP contribution in [-0.2, 0) is 10.1 Å². The van der Waals surface area contributed by atoms with Gasteiger partial charge in [-0.15, -0.1) is 0 Å². The molecule has 1 heterocycles. The summed E-state index contributed by atoms with van der Waals surface area (Å²) in [6, 6.07) is 1.08. The quantitative estimate of drug-likeness (QED) is 0.649. The monoisotopic (exact) mass is 260 g/mol. The number of furan rings is 1. The van der Waals surface area contributed by atoms with Gasteiger partial charge in [0.25, 0.3) is 10.1 Å². The maximum Gasteiger partial charge on any atom is 0.298 e. The summed E-state index contributed by atoms with van der Waals surface area (Å²) in [7, 11) is -4.32. The summed E-state index contributed by atoms with van der Waals surface area (Å²) in [5, 5.41) is 0. The average Bonchev–Trinajstić information content (AvgIpc) is 2.56. The van der Waals surface area contributed by atoms with Crippen LogP contribution in [0.1, 0.15) is 43.0 Å². The molecule has 1 aromatic heterocycles. The summed E-state index contributed by atoms with van der Waals surface area (Å²) in [6.07, 6.45) is 1.01. The van der Waals surface area contributed by atoms with Crippen molar-refractivity contribution in [3.63, 3.8) is 0 Å². The Morgan fingerprint density at radius 1 is 1.47 bits per heavy atom. The molecule has 0 aliphatic heterocycles. The van der Waals surface area contributed by atoms with Gasteiger partial charge in [-0.25, -0.2) is 0 Å². The highest BCUT2D eigenvalue weighted by molar-refractivity contribution is 7.85. The van der Waals surface area contributed by atoms with E-state index in [1.54, 1.807) is 0 Å². The molecular weight excluding hydrogens is 244 g/mol. The van der Waals surface area contributed by atoms with Crippen LogP contribution in [0.2, 0.25) is 0 Å². The fraction of sp³-hybridized carbons (Fsp3) is 0.545. The van der Waals surface area contributed by atoms with Crippen LogP contribution in [0.4, 0.5) is 0 Å². The standard InChI is InChI=1S/C11H16O5S/c1-7(2)4-5-9(12)10-6-11(8(3)16-10)17(13,14)15/h6-7H,4-5H2,1-3H3,(H,13,14,15). The number of carbonyl (C=O) groups excluding carboxylic acids is 1. The zero-order valence-electron chi connectivity index (χ0n) is 10.1. The molecule has 17 heavy (non-hydrogen) atoms. The first-order valence-corrected chi connectivity index (χ1v) is 6.77. The maximum absolute atomic E-state index is 11.7. The summed E-state index contributed by atoms with van der Waals surface area (Å²) in [5.74, 6) is 0.143. The lowest BCUT2D eigenvalue weighted by Gasteiger charge is -2.01. The average molecular weight is 260 g/mol. The Morgan fingerprint density at radius 2 is 2.06 bits per heavy atom. The molecule has 0 atom stereocenters. The summed E-state index contributed by atoms with van der Waals surface area (Å²) in [5.41, 5.74) is 0. The smallest absolute Gasteiger partial charge is 0.298 e. The molecule has 6 heteroatoms. The third kappa shape index (κ3) is 3.67. The van der Waals surface area contributed by atoms with Gasteiger partial charge in [0, 0.05) is 12.5 Å². The third-order valence-electron chi connectivity index (χ3n) is 2.37. The first kappa shape index (κ1) is 13.9. The van der Waals surface area contributed by atoms with Crippen molar-refractivity contribution in [2.75, 3.05) is 0 Å². The van der Waals surface area contributed by atoms with Crippen LogP contribution >= 0.6 is 0 Å². The zero-order chi connectivity index (χ0) is 13.2. The van der Waals surface area contributed by atoms with E-state index >= 15 is 0 Å². The number of rotatable bonds is 5. The Balaban J connectivity index is 2.91. The first-order chi connectivity index (χ1) is 7.71. The Bertz CT molecular complexity index is 510. The molecule has 1 N–H and O–H groups in total. The van der Waals surface area contributed by atoms with E-state index < -0.39 is 10.1 Å². The highest BCUT2D eigenvalue weighted by Gasteiger charge is 2.21. The first-order valence-electron chi connectivity index (χ1n) is 5.33. The second-order valence-corrected chi connectivity index (χ2v) is 5.75. The Hall–Kier alpha value is -1.14. The SMILES string of the molecule is Cc1oc(C(=O)CCC(C)C)cc1S(=O)(=O)O. The van der Waals surface area contributed by atoms with Crippen molar-refractivity contribution in [3.05, 3.63) is 17.6 Å². The molecule has 5 nitrogen and oxygen atoms in total. The molecular formula is C11H16O5S. The number of Topliss-reactive ketones (excluding diaryl/α,β-unsaturated/α-hetero) is 1. The van der Waals surface area contributed by atoms with E-state index in [2.05, 4.69) is 0 Å². The van der Waals surface area contributed by atoms with E-state index in [4.69, 9.17) is 8.97 Å². The van der Waals surface area contributed by atoms with Crippen LogP contribution in [-0.4, -0.2) is 18.8 Å². The van der Waals surface area contributed by atoms with E-state index in [0.29, 0.717) is 18.8 Å². The van der Waals surface area contributed by atoms with Gasteiger partial charge >= 0.3 is 0 Å². The molecule has 0 saturated carbocycles. The molecule has 96 valence electrons.